The van der Waals surface area contributed by atoms with E-state index in [9.17, 15) is 22.6 Å². The molecule has 0 bridgehead atoms. The van der Waals surface area contributed by atoms with Crippen molar-refractivity contribution in [3.8, 4) is 0 Å². The molecule has 0 aromatic heterocycles. The first-order valence-electron chi connectivity index (χ1n) is 5.69. The predicted octanol–water partition coefficient (Wildman–Crippen LogP) is -0.617. The Morgan fingerprint density at radius 3 is 1.90 bits per heavy atom. The average molecular weight is 304 g/mol. The third kappa shape index (κ3) is 7.17. The predicted molar refractivity (Wildman–Crippen MR) is 73.5 cm³/mol. The van der Waals surface area contributed by atoms with Crippen LogP contribution in [0.1, 0.15) is 6.92 Å². The Morgan fingerprint density at radius 1 is 1.15 bits per heavy atom. The molecular formula is C12H20N2O5S. The first-order valence-corrected chi connectivity index (χ1v) is 7.27. The number of quaternary nitrogens is 1. The van der Waals surface area contributed by atoms with Crippen LogP contribution < -0.4 is 5.32 Å². The largest absolute Gasteiger partial charge is 0.748 e. The van der Waals surface area contributed by atoms with E-state index in [1.54, 1.807) is 0 Å². The number of nitrogens with zero attached hydrogens (tertiary/aromatic N) is 1. The van der Waals surface area contributed by atoms with Gasteiger partial charge in [0, 0.05) is 11.1 Å². The van der Waals surface area contributed by atoms with E-state index in [4.69, 9.17) is 0 Å². The Hall–Kier alpha value is -1.51. The molecule has 0 aliphatic carbocycles. The fraction of sp³-hybridized carbons (Fsp3) is 0.500. The SMILES string of the molecule is C=C1C(=O)NC(=O)C(CS(=O)(=O)[O-])=C1C.C[N+](C)(C)C. The number of carbonyl (C=O) groups is 2. The minimum atomic E-state index is -4.55. The van der Waals surface area contributed by atoms with Crippen LogP contribution in [0.3, 0.4) is 0 Å². The number of hydrogen-bond acceptors (Lipinski definition) is 5. The lowest BCUT2D eigenvalue weighted by molar-refractivity contribution is -0.849. The molecule has 0 saturated carbocycles. The van der Waals surface area contributed by atoms with Crippen LogP contribution in [0, 0.1) is 0 Å². The normalized spacial score (nSPS) is 16.6. The van der Waals surface area contributed by atoms with E-state index in [0.29, 0.717) is 0 Å². The molecule has 0 saturated heterocycles. The second kappa shape index (κ2) is 6.29. The zero-order valence-corrected chi connectivity index (χ0v) is 13.1. The summed E-state index contributed by atoms with van der Waals surface area (Å²) in [5, 5.41) is 1.89. The van der Waals surface area contributed by atoms with Crippen molar-refractivity contribution in [2.75, 3.05) is 33.9 Å². The highest BCUT2D eigenvalue weighted by Crippen LogP contribution is 2.19. The molecule has 1 heterocycles. The van der Waals surface area contributed by atoms with Crippen molar-refractivity contribution in [3.63, 3.8) is 0 Å². The van der Waals surface area contributed by atoms with Crippen LogP contribution in [0.4, 0.5) is 0 Å². The van der Waals surface area contributed by atoms with Crippen molar-refractivity contribution in [3.05, 3.63) is 23.3 Å². The third-order valence-electron chi connectivity index (χ3n) is 2.00. The molecule has 20 heavy (non-hydrogen) atoms. The Kier molecular flexibility index (Phi) is 5.82. The van der Waals surface area contributed by atoms with Crippen LogP contribution in [0.25, 0.3) is 0 Å². The van der Waals surface area contributed by atoms with Crippen molar-refractivity contribution in [2.45, 2.75) is 6.92 Å². The van der Waals surface area contributed by atoms with Gasteiger partial charge < -0.3 is 9.04 Å². The fourth-order valence-corrected chi connectivity index (χ4v) is 1.83. The van der Waals surface area contributed by atoms with Gasteiger partial charge >= 0.3 is 0 Å². The zero-order valence-electron chi connectivity index (χ0n) is 12.3. The van der Waals surface area contributed by atoms with E-state index >= 15 is 0 Å². The number of amides is 2. The topological polar surface area (TPSA) is 103 Å². The van der Waals surface area contributed by atoms with E-state index < -0.39 is 27.7 Å². The minimum absolute atomic E-state index is 0.00625. The average Bonchev–Trinajstić information content (AvgIpc) is 2.18. The number of nitrogens with one attached hydrogen (secondary N) is 1. The van der Waals surface area contributed by atoms with Gasteiger partial charge in [-0.15, -0.1) is 0 Å². The zero-order chi connectivity index (χ0) is 16.3. The smallest absolute Gasteiger partial charge is 0.257 e. The van der Waals surface area contributed by atoms with Gasteiger partial charge in [0.15, 0.2) is 0 Å². The second-order valence-corrected chi connectivity index (χ2v) is 7.15. The van der Waals surface area contributed by atoms with Crippen LogP contribution in [-0.4, -0.2) is 63.2 Å². The summed E-state index contributed by atoms with van der Waals surface area (Å²) in [6.45, 7) is 4.75. The standard InChI is InChI=1S/C8H9NO5S.C4H12N/c1-4-5(2)7(10)9-8(11)6(4)3-15(12,13)14;1-5(2,3)4/h2-3H2,1H3,(H,9,10,11)(H,12,13,14);1-4H3/q;+1/p-1. The molecule has 1 rings (SSSR count). The Bertz CT molecular complexity index is 561. The molecule has 7 nitrogen and oxygen atoms in total. The second-order valence-electron chi connectivity index (χ2n) is 5.75. The summed E-state index contributed by atoms with van der Waals surface area (Å²) in [4.78, 5) is 22.2. The van der Waals surface area contributed by atoms with Crippen LogP contribution in [0.2, 0.25) is 0 Å². The molecule has 1 aliphatic heterocycles. The van der Waals surface area contributed by atoms with E-state index in [1.807, 2.05) is 5.32 Å². The van der Waals surface area contributed by atoms with Gasteiger partial charge in [-0.05, 0) is 12.5 Å². The molecule has 0 aromatic rings. The molecule has 1 N–H and O–H groups in total. The summed E-state index contributed by atoms with van der Waals surface area (Å²) in [6.07, 6.45) is 0. The van der Waals surface area contributed by atoms with Gasteiger partial charge in [-0.3, -0.25) is 14.9 Å². The number of carbonyl (C=O) groups excluding carboxylic acids is 2. The monoisotopic (exact) mass is 304 g/mol. The van der Waals surface area contributed by atoms with Crippen LogP contribution in [0.15, 0.2) is 23.3 Å². The first-order chi connectivity index (χ1) is 8.72. The maximum Gasteiger partial charge on any atom is 0.257 e. The molecular weight excluding hydrogens is 284 g/mol. The Labute approximate surface area is 119 Å². The van der Waals surface area contributed by atoms with Gasteiger partial charge in [-0.1, -0.05) is 6.58 Å². The highest BCUT2D eigenvalue weighted by atomic mass is 32.2. The van der Waals surface area contributed by atoms with E-state index in [-0.39, 0.29) is 16.7 Å². The summed E-state index contributed by atoms with van der Waals surface area (Å²) in [7, 11) is 3.95. The van der Waals surface area contributed by atoms with E-state index in [1.165, 1.54) is 6.92 Å². The molecule has 8 heteroatoms. The highest BCUT2D eigenvalue weighted by Gasteiger charge is 2.26. The minimum Gasteiger partial charge on any atom is -0.748 e. The Morgan fingerprint density at radius 2 is 1.55 bits per heavy atom. The fourth-order valence-electron chi connectivity index (χ4n) is 1.13. The molecule has 0 radical (unpaired) electrons. The maximum absolute atomic E-state index is 11.2. The van der Waals surface area contributed by atoms with Gasteiger partial charge in [0.1, 0.15) is 0 Å². The van der Waals surface area contributed by atoms with Gasteiger partial charge in [-0.2, -0.15) is 0 Å². The van der Waals surface area contributed by atoms with Gasteiger partial charge in [0.25, 0.3) is 11.8 Å². The highest BCUT2D eigenvalue weighted by molar-refractivity contribution is 7.85. The lowest BCUT2D eigenvalue weighted by Gasteiger charge is -2.19. The van der Waals surface area contributed by atoms with E-state index in [2.05, 4.69) is 34.8 Å². The van der Waals surface area contributed by atoms with Crippen LogP contribution in [0.5, 0.6) is 0 Å². The lowest BCUT2D eigenvalue weighted by atomic mass is 9.99. The first kappa shape index (κ1) is 18.5. The third-order valence-corrected chi connectivity index (χ3v) is 2.64. The molecule has 2 amide bonds. The molecule has 0 fully saturated rings. The number of imide groups is 1. The molecule has 0 aromatic carbocycles. The van der Waals surface area contributed by atoms with Crippen molar-refractivity contribution in [1.82, 2.24) is 5.32 Å². The van der Waals surface area contributed by atoms with Crippen molar-refractivity contribution >= 4 is 21.9 Å². The van der Waals surface area contributed by atoms with E-state index in [0.717, 1.165) is 4.48 Å². The summed E-state index contributed by atoms with van der Waals surface area (Å²) in [5.74, 6) is -2.47. The summed E-state index contributed by atoms with van der Waals surface area (Å²) in [6, 6.07) is 0. The molecule has 1 aliphatic rings. The number of hydrogen-bond donors (Lipinski definition) is 1. The van der Waals surface area contributed by atoms with Gasteiger partial charge in [0.05, 0.1) is 44.1 Å². The molecule has 0 spiro atoms. The van der Waals surface area contributed by atoms with Crippen molar-refractivity contribution in [1.29, 1.82) is 0 Å². The molecule has 0 atom stereocenters. The summed E-state index contributed by atoms with van der Waals surface area (Å²) in [5.41, 5.74) is -0.0916. The summed E-state index contributed by atoms with van der Waals surface area (Å²) >= 11 is 0. The van der Waals surface area contributed by atoms with Crippen LogP contribution >= 0.6 is 0 Å². The summed E-state index contributed by atoms with van der Waals surface area (Å²) < 4.78 is 32.5. The van der Waals surface area contributed by atoms with Crippen molar-refractivity contribution in [2.24, 2.45) is 0 Å². The molecule has 0 unspecified atom stereocenters. The molecule has 114 valence electrons. The van der Waals surface area contributed by atoms with Gasteiger partial charge in [0.2, 0.25) is 0 Å². The maximum atomic E-state index is 11.2. The quantitative estimate of drug-likeness (QED) is 0.317. The lowest BCUT2D eigenvalue weighted by Crippen LogP contribution is -2.39. The van der Waals surface area contributed by atoms with Crippen LogP contribution in [-0.2, 0) is 19.7 Å². The van der Waals surface area contributed by atoms with Crippen molar-refractivity contribution < 1.29 is 27.0 Å². The Balaban J connectivity index is 0.000000621. The van der Waals surface area contributed by atoms with Gasteiger partial charge in [-0.25, -0.2) is 8.42 Å². The number of rotatable bonds is 2.